The summed E-state index contributed by atoms with van der Waals surface area (Å²) in [6.07, 6.45) is 3.74. The van der Waals surface area contributed by atoms with Crippen molar-refractivity contribution in [3.63, 3.8) is 0 Å². The molecular weight excluding hydrogens is 396 g/mol. The van der Waals surface area contributed by atoms with Crippen molar-refractivity contribution >= 4 is 27.8 Å². The van der Waals surface area contributed by atoms with Gasteiger partial charge in [-0.05, 0) is 29.7 Å². The van der Waals surface area contributed by atoms with Crippen LogP contribution in [0.4, 0.5) is 0 Å². The molecule has 6 heteroatoms. The van der Waals surface area contributed by atoms with Crippen molar-refractivity contribution in [2.45, 2.75) is 29.4 Å². The van der Waals surface area contributed by atoms with Crippen molar-refractivity contribution in [1.82, 2.24) is 4.90 Å². The highest BCUT2D eigenvalue weighted by atomic mass is 79.9. The van der Waals surface area contributed by atoms with E-state index in [1.807, 2.05) is 71.8 Å². The Morgan fingerprint density at radius 1 is 1.15 bits per heavy atom. The van der Waals surface area contributed by atoms with Crippen LogP contribution in [0.2, 0.25) is 0 Å². The average molecular weight is 413 g/mol. The molecule has 2 aromatic rings. The van der Waals surface area contributed by atoms with Gasteiger partial charge in [-0.1, -0.05) is 54.6 Å². The van der Waals surface area contributed by atoms with E-state index in [0.717, 1.165) is 16.7 Å². The van der Waals surface area contributed by atoms with Crippen molar-refractivity contribution in [3.05, 3.63) is 87.6 Å². The summed E-state index contributed by atoms with van der Waals surface area (Å²) in [6, 6.07) is 15.7. The normalized spacial score (nSPS) is 29.2. The van der Waals surface area contributed by atoms with Crippen molar-refractivity contribution in [1.29, 1.82) is 0 Å². The monoisotopic (exact) mass is 412 g/mol. The van der Waals surface area contributed by atoms with Gasteiger partial charge in [0.05, 0.1) is 5.92 Å². The zero-order valence-electron chi connectivity index (χ0n) is 14.1. The first-order valence-corrected chi connectivity index (χ1v) is 9.19. The Kier molecular flexibility index (Phi) is 3.95. The summed E-state index contributed by atoms with van der Waals surface area (Å²) in [5, 5.41) is 12.3. The number of hydrogen-bond acceptors (Lipinski definition) is 4. The predicted molar refractivity (Wildman–Crippen MR) is 102 cm³/mol. The maximum absolute atomic E-state index is 12.6. The number of nitrogens with zero attached hydrogens (tertiary/aromatic N) is 2. The molecule has 4 unspecified atom stereocenters. The van der Waals surface area contributed by atoms with Crippen LogP contribution >= 0.6 is 15.9 Å². The lowest BCUT2D eigenvalue weighted by Crippen LogP contribution is -2.42. The van der Waals surface area contributed by atoms with Crippen LogP contribution in [-0.2, 0) is 4.79 Å². The molecule has 2 heterocycles. The van der Waals surface area contributed by atoms with Crippen LogP contribution in [0.5, 0.6) is 0 Å². The van der Waals surface area contributed by atoms with Gasteiger partial charge >= 0.3 is 4.45 Å². The summed E-state index contributed by atoms with van der Waals surface area (Å²) in [4.78, 5) is 26.5. The third-order valence-corrected chi connectivity index (χ3v) is 6.54. The highest BCUT2D eigenvalue weighted by Gasteiger charge is 2.68. The van der Waals surface area contributed by atoms with E-state index in [1.54, 1.807) is 0 Å². The van der Waals surface area contributed by atoms with E-state index in [4.69, 9.17) is 0 Å². The summed E-state index contributed by atoms with van der Waals surface area (Å²) < 4.78 is -1.51. The van der Waals surface area contributed by atoms with Gasteiger partial charge in [-0.3, -0.25) is 14.9 Å². The Morgan fingerprint density at radius 2 is 1.81 bits per heavy atom. The molecule has 26 heavy (non-hydrogen) atoms. The molecular formula is C20H17BrN2O3. The van der Waals surface area contributed by atoms with Crippen molar-refractivity contribution in [2.75, 3.05) is 0 Å². The Balaban J connectivity index is 1.99. The maximum Gasteiger partial charge on any atom is 0.307 e. The number of benzene rings is 2. The lowest BCUT2D eigenvalue weighted by atomic mass is 9.83. The van der Waals surface area contributed by atoms with Crippen LogP contribution in [0.3, 0.4) is 0 Å². The number of fused-ring (bicyclic) bond motifs is 3. The smallest absolute Gasteiger partial charge is 0.307 e. The number of Topliss-reactive ketones (excluding diaryl/α,β-unsaturated/α-hetero) is 1. The molecule has 1 fully saturated rings. The van der Waals surface area contributed by atoms with Crippen LogP contribution in [0.15, 0.2) is 60.8 Å². The van der Waals surface area contributed by atoms with Crippen molar-refractivity contribution in [2.24, 2.45) is 0 Å². The van der Waals surface area contributed by atoms with E-state index in [-0.39, 0.29) is 10.7 Å². The summed E-state index contributed by atoms with van der Waals surface area (Å²) in [7, 11) is 0. The largest absolute Gasteiger partial charge is 0.352 e. The van der Waals surface area contributed by atoms with Crippen LogP contribution in [0.25, 0.3) is 6.08 Å². The van der Waals surface area contributed by atoms with E-state index in [1.165, 1.54) is 6.92 Å². The maximum atomic E-state index is 12.6. The Hall–Kier alpha value is -2.47. The summed E-state index contributed by atoms with van der Waals surface area (Å²) in [6.45, 7) is 1.50. The second-order valence-corrected chi connectivity index (χ2v) is 7.99. The van der Waals surface area contributed by atoms with Gasteiger partial charge in [0, 0.05) is 27.1 Å². The van der Waals surface area contributed by atoms with Crippen LogP contribution in [0.1, 0.15) is 35.6 Å². The van der Waals surface area contributed by atoms with Gasteiger partial charge in [0.1, 0.15) is 12.1 Å². The van der Waals surface area contributed by atoms with Gasteiger partial charge in [-0.15, -0.1) is 0 Å². The molecule has 2 aromatic carbocycles. The molecule has 0 bridgehead atoms. The molecule has 0 N–H and O–H groups in total. The summed E-state index contributed by atoms with van der Waals surface area (Å²) >= 11 is 3.51. The number of alkyl halides is 1. The van der Waals surface area contributed by atoms with E-state index in [0.29, 0.717) is 0 Å². The zero-order chi connectivity index (χ0) is 18.5. The first-order chi connectivity index (χ1) is 12.5. The molecule has 4 rings (SSSR count). The second kappa shape index (κ2) is 6.06. The summed E-state index contributed by atoms with van der Waals surface area (Å²) in [5.41, 5.74) is 2.57. The van der Waals surface area contributed by atoms with Gasteiger partial charge < -0.3 is 4.90 Å². The van der Waals surface area contributed by atoms with E-state index in [2.05, 4.69) is 15.9 Å². The minimum absolute atomic E-state index is 0.0870. The minimum Gasteiger partial charge on any atom is -0.352 e. The zero-order valence-corrected chi connectivity index (χ0v) is 15.7. The quantitative estimate of drug-likeness (QED) is 0.329. The molecule has 0 radical (unpaired) electrons. The number of halogens is 1. The molecule has 0 spiro atoms. The van der Waals surface area contributed by atoms with Gasteiger partial charge in [0.2, 0.25) is 0 Å². The third kappa shape index (κ3) is 2.25. The highest BCUT2D eigenvalue weighted by molar-refractivity contribution is 9.10. The Labute approximate surface area is 159 Å². The van der Waals surface area contributed by atoms with Crippen LogP contribution in [0, 0.1) is 10.1 Å². The van der Waals surface area contributed by atoms with Crippen molar-refractivity contribution in [3.8, 4) is 0 Å². The fourth-order valence-corrected chi connectivity index (χ4v) is 5.30. The van der Waals surface area contributed by atoms with Gasteiger partial charge in [-0.2, -0.15) is 0 Å². The van der Waals surface area contributed by atoms with Crippen LogP contribution < -0.4 is 0 Å². The lowest BCUT2D eigenvalue weighted by Gasteiger charge is -2.33. The molecule has 0 aliphatic carbocycles. The summed E-state index contributed by atoms with van der Waals surface area (Å²) in [5.74, 6) is -0.701. The number of nitro groups is 1. The first kappa shape index (κ1) is 17.0. The molecule has 5 nitrogen and oxygen atoms in total. The van der Waals surface area contributed by atoms with Gasteiger partial charge in [0.15, 0.2) is 5.78 Å². The van der Waals surface area contributed by atoms with Crippen molar-refractivity contribution < 1.29 is 9.72 Å². The van der Waals surface area contributed by atoms with E-state index in [9.17, 15) is 14.9 Å². The van der Waals surface area contributed by atoms with E-state index < -0.39 is 22.4 Å². The average Bonchev–Trinajstić information content (AvgIpc) is 2.93. The molecule has 4 atom stereocenters. The number of hydrogen-bond donors (Lipinski definition) is 0. The molecule has 132 valence electrons. The topological polar surface area (TPSA) is 63.4 Å². The van der Waals surface area contributed by atoms with Gasteiger partial charge in [0.25, 0.3) is 0 Å². The first-order valence-electron chi connectivity index (χ1n) is 8.39. The van der Waals surface area contributed by atoms with Gasteiger partial charge in [-0.25, -0.2) is 0 Å². The third-order valence-electron chi connectivity index (χ3n) is 5.33. The number of rotatable bonds is 3. The number of ketones is 1. The Bertz CT molecular complexity index is 914. The highest BCUT2D eigenvalue weighted by Crippen LogP contribution is 2.59. The Morgan fingerprint density at radius 3 is 2.46 bits per heavy atom. The second-order valence-electron chi connectivity index (χ2n) is 6.72. The molecule has 0 aromatic heterocycles. The standard InChI is InChI=1S/C20H17BrN2O3/c1-13(24)18-17(15-8-3-2-4-9-15)20(21,23(25)26)19-16-10-6-5-7-14(16)11-12-22(18)19/h2-12,17-19H,1H3. The molecule has 1 saturated heterocycles. The number of carbonyl (C=O) groups is 1. The SMILES string of the molecule is CC(=O)C1C(c2ccccc2)C(Br)([N+](=O)[O-])C2c3ccccc3C=CN12. The predicted octanol–water partition coefficient (Wildman–Crippen LogP) is 4.14. The fourth-order valence-electron chi connectivity index (χ4n) is 4.30. The fraction of sp³-hybridized carbons (Fsp3) is 0.250. The molecule has 2 aliphatic rings. The number of carbonyl (C=O) groups excluding carboxylic acids is 1. The molecule has 2 aliphatic heterocycles. The minimum atomic E-state index is -1.51. The lowest BCUT2D eigenvalue weighted by molar-refractivity contribution is -0.542. The van der Waals surface area contributed by atoms with E-state index >= 15 is 0 Å². The molecule has 0 saturated carbocycles. The molecule has 0 amide bonds. The van der Waals surface area contributed by atoms with Crippen LogP contribution in [-0.4, -0.2) is 26.1 Å².